The van der Waals surface area contributed by atoms with Crippen molar-refractivity contribution >= 4 is 5.97 Å². The summed E-state index contributed by atoms with van der Waals surface area (Å²) in [6.07, 6.45) is 11.9. The largest absolute Gasteiger partial charge is 0.469 e. The molecule has 5 rings (SSSR count). The van der Waals surface area contributed by atoms with E-state index < -0.39 is 30.7 Å². The fourth-order valence-electron chi connectivity index (χ4n) is 7.32. The van der Waals surface area contributed by atoms with Gasteiger partial charge in [-0.3, -0.25) is 4.79 Å². The van der Waals surface area contributed by atoms with Crippen molar-refractivity contribution in [2.45, 2.75) is 141 Å². The van der Waals surface area contributed by atoms with E-state index in [1.165, 1.54) is 58.5 Å². The first-order valence-corrected chi connectivity index (χ1v) is 21.6. The standard InChI is InChI=1S/C50H66O8/c1-52-46(51)34-24-10-8-6-4-2-3-5-7-9-11-25-35-54-50-49(57-39-44-32-22-15-23-33-44)48(56-38-43-30-20-14-21-31-43)47(55-37-42-28-18-13-19-29-42)45(58-50)40-53-36-41-26-16-12-17-27-41/h12-23,26-33,45,47-50H,2-11,24-25,34-40H2,1H3/t45-,47-,48+,49+,50-/m1/s1. The number of carbonyl (C=O) groups is 1. The van der Waals surface area contributed by atoms with E-state index in [1.807, 2.05) is 72.8 Å². The molecule has 1 aliphatic heterocycles. The lowest BCUT2D eigenvalue weighted by molar-refractivity contribution is -0.328. The third-order valence-corrected chi connectivity index (χ3v) is 10.6. The first-order valence-electron chi connectivity index (χ1n) is 21.6. The molecule has 0 radical (unpaired) electrons. The van der Waals surface area contributed by atoms with Crippen LogP contribution in [0.4, 0.5) is 0 Å². The van der Waals surface area contributed by atoms with E-state index in [2.05, 4.69) is 48.5 Å². The van der Waals surface area contributed by atoms with Gasteiger partial charge in [0, 0.05) is 13.0 Å². The van der Waals surface area contributed by atoms with Crippen molar-refractivity contribution in [3.8, 4) is 0 Å². The molecule has 4 aromatic carbocycles. The van der Waals surface area contributed by atoms with Crippen LogP contribution in [0.5, 0.6) is 0 Å². The van der Waals surface area contributed by atoms with E-state index in [-0.39, 0.29) is 5.97 Å². The van der Waals surface area contributed by atoms with Gasteiger partial charge in [0.15, 0.2) is 6.29 Å². The first-order chi connectivity index (χ1) is 28.7. The van der Waals surface area contributed by atoms with Gasteiger partial charge >= 0.3 is 5.97 Å². The van der Waals surface area contributed by atoms with Gasteiger partial charge in [-0.15, -0.1) is 0 Å². The van der Waals surface area contributed by atoms with Gasteiger partial charge in [0.25, 0.3) is 0 Å². The zero-order valence-corrected chi connectivity index (χ0v) is 34.6. The Balaban J connectivity index is 1.19. The van der Waals surface area contributed by atoms with Crippen LogP contribution in [0, 0.1) is 0 Å². The molecule has 1 aliphatic rings. The highest BCUT2D eigenvalue weighted by Crippen LogP contribution is 2.32. The van der Waals surface area contributed by atoms with Crippen LogP contribution in [0.25, 0.3) is 0 Å². The number of benzene rings is 4. The molecule has 0 unspecified atom stereocenters. The highest BCUT2D eigenvalue weighted by Gasteiger charge is 2.49. The van der Waals surface area contributed by atoms with E-state index in [1.54, 1.807) is 0 Å². The summed E-state index contributed by atoms with van der Waals surface area (Å²) in [5, 5.41) is 0. The topological polar surface area (TPSA) is 81.7 Å². The second-order valence-electron chi connectivity index (χ2n) is 15.3. The van der Waals surface area contributed by atoms with Crippen LogP contribution in [0.15, 0.2) is 121 Å². The zero-order chi connectivity index (χ0) is 40.3. The van der Waals surface area contributed by atoms with E-state index >= 15 is 0 Å². The summed E-state index contributed by atoms with van der Waals surface area (Å²) >= 11 is 0. The molecule has 0 amide bonds. The first kappa shape index (κ1) is 45.2. The lowest BCUT2D eigenvalue weighted by atomic mass is 9.97. The van der Waals surface area contributed by atoms with Crippen molar-refractivity contribution in [1.29, 1.82) is 0 Å². The van der Waals surface area contributed by atoms with Gasteiger partial charge in [0.05, 0.1) is 40.1 Å². The lowest BCUT2D eigenvalue weighted by Gasteiger charge is -2.46. The Morgan fingerprint density at radius 2 is 0.862 bits per heavy atom. The number of hydrogen-bond donors (Lipinski definition) is 0. The summed E-state index contributed by atoms with van der Waals surface area (Å²) in [4.78, 5) is 11.3. The second-order valence-corrected chi connectivity index (χ2v) is 15.3. The summed E-state index contributed by atoms with van der Waals surface area (Å²) in [7, 11) is 1.46. The second kappa shape index (κ2) is 27.7. The van der Waals surface area contributed by atoms with Gasteiger partial charge < -0.3 is 33.2 Å². The summed E-state index contributed by atoms with van der Waals surface area (Å²) < 4.78 is 44.9. The highest BCUT2D eigenvalue weighted by atomic mass is 16.7. The predicted molar refractivity (Wildman–Crippen MR) is 228 cm³/mol. The van der Waals surface area contributed by atoms with Crippen LogP contribution < -0.4 is 0 Å². The quantitative estimate of drug-likeness (QED) is 0.0397. The number of hydrogen-bond acceptors (Lipinski definition) is 8. The van der Waals surface area contributed by atoms with Gasteiger partial charge in [-0.1, -0.05) is 186 Å². The smallest absolute Gasteiger partial charge is 0.305 e. The van der Waals surface area contributed by atoms with Crippen molar-refractivity contribution in [2.75, 3.05) is 20.3 Å². The summed E-state index contributed by atoms with van der Waals surface area (Å²) in [6, 6.07) is 40.8. The summed E-state index contributed by atoms with van der Waals surface area (Å²) in [6.45, 7) is 2.49. The molecule has 0 bridgehead atoms. The highest BCUT2D eigenvalue weighted by molar-refractivity contribution is 5.68. The fraction of sp³-hybridized carbons (Fsp3) is 0.500. The molecule has 58 heavy (non-hydrogen) atoms. The van der Waals surface area contributed by atoms with Gasteiger partial charge in [0.1, 0.15) is 24.4 Å². The fourth-order valence-corrected chi connectivity index (χ4v) is 7.32. The van der Waals surface area contributed by atoms with Crippen molar-refractivity contribution in [3.05, 3.63) is 144 Å². The average Bonchev–Trinajstić information content (AvgIpc) is 3.27. The molecule has 1 saturated heterocycles. The molecular formula is C50H66O8. The lowest BCUT2D eigenvalue weighted by Crippen LogP contribution is -2.61. The molecule has 1 heterocycles. The monoisotopic (exact) mass is 794 g/mol. The SMILES string of the molecule is COC(=O)CCCCCCCCCCCCCCO[C@@H]1O[C@H](COCc2ccccc2)[C@@H](OCc2ccccc2)[C@H](OCc2ccccc2)[C@@H]1OCc1ccccc1. The van der Waals surface area contributed by atoms with Crippen molar-refractivity contribution < 1.29 is 38.0 Å². The van der Waals surface area contributed by atoms with Crippen molar-refractivity contribution in [3.63, 3.8) is 0 Å². The van der Waals surface area contributed by atoms with Gasteiger partial charge in [0.2, 0.25) is 0 Å². The molecule has 0 saturated carbocycles. The molecular weight excluding hydrogens is 729 g/mol. The van der Waals surface area contributed by atoms with Gasteiger partial charge in [-0.25, -0.2) is 0 Å². The minimum Gasteiger partial charge on any atom is -0.469 e. The molecule has 5 atom stereocenters. The minimum atomic E-state index is -0.674. The molecule has 0 aliphatic carbocycles. The molecule has 8 nitrogen and oxygen atoms in total. The van der Waals surface area contributed by atoms with Crippen molar-refractivity contribution in [2.24, 2.45) is 0 Å². The van der Waals surface area contributed by atoms with E-state index in [0.29, 0.717) is 46.1 Å². The Labute approximate surface area is 347 Å². The van der Waals surface area contributed by atoms with Crippen LogP contribution in [-0.4, -0.2) is 57.0 Å². The molecule has 0 N–H and O–H groups in total. The number of carbonyl (C=O) groups excluding carboxylic acids is 1. The zero-order valence-electron chi connectivity index (χ0n) is 34.6. The number of unbranched alkanes of at least 4 members (excludes halogenated alkanes) is 11. The Morgan fingerprint density at radius 1 is 0.466 bits per heavy atom. The van der Waals surface area contributed by atoms with Crippen LogP contribution in [0.3, 0.4) is 0 Å². The molecule has 1 fully saturated rings. The average molecular weight is 795 g/mol. The maximum absolute atomic E-state index is 11.3. The van der Waals surface area contributed by atoms with Crippen LogP contribution in [0.1, 0.15) is 106 Å². The van der Waals surface area contributed by atoms with Crippen LogP contribution in [-0.2, 0) is 64.4 Å². The Bertz CT molecular complexity index is 1610. The number of methoxy groups -OCH3 is 1. The number of ether oxygens (including phenoxy) is 7. The molecule has 8 heteroatoms. The van der Waals surface area contributed by atoms with Crippen LogP contribution >= 0.6 is 0 Å². The third-order valence-electron chi connectivity index (χ3n) is 10.6. The summed E-state index contributed by atoms with van der Waals surface area (Å²) in [5.74, 6) is -0.101. The molecule has 314 valence electrons. The Morgan fingerprint density at radius 3 is 1.33 bits per heavy atom. The third kappa shape index (κ3) is 17.1. The number of rotatable bonds is 29. The Hall–Kier alpha value is -3.89. The normalized spacial score (nSPS) is 19.2. The molecule has 0 aromatic heterocycles. The van der Waals surface area contributed by atoms with E-state index in [9.17, 15) is 4.79 Å². The number of esters is 1. The van der Waals surface area contributed by atoms with Gasteiger partial charge in [-0.2, -0.15) is 0 Å². The van der Waals surface area contributed by atoms with E-state index in [4.69, 9.17) is 33.2 Å². The van der Waals surface area contributed by atoms with Gasteiger partial charge in [-0.05, 0) is 35.1 Å². The van der Waals surface area contributed by atoms with E-state index in [0.717, 1.165) is 47.9 Å². The minimum absolute atomic E-state index is 0.101. The van der Waals surface area contributed by atoms with Crippen molar-refractivity contribution in [1.82, 2.24) is 0 Å². The van der Waals surface area contributed by atoms with Crippen LogP contribution in [0.2, 0.25) is 0 Å². The molecule has 0 spiro atoms. The predicted octanol–water partition coefficient (Wildman–Crippen LogP) is 10.9. The maximum Gasteiger partial charge on any atom is 0.305 e. The molecule has 4 aromatic rings. The Kier molecular flexibility index (Phi) is 21.6. The summed E-state index contributed by atoms with van der Waals surface area (Å²) in [5.41, 5.74) is 4.29. The maximum atomic E-state index is 11.3.